The van der Waals surface area contributed by atoms with Crippen LogP contribution in [0.3, 0.4) is 0 Å². The number of aryl methyl sites for hydroxylation is 2. The molecular weight excluding hydrogens is 399 g/mol. The molecule has 0 atom stereocenters. The minimum atomic E-state index is -3.83. The number of rotatable bonds is 7. The lowest BCUT2D eigenvalue weighted by Crippen LogP contribution is -2.30. The molecule has 0 spiro atoms. The van der Waals surface area contributed by atoms with Gasteiger partial charge in [0.05, 0.1) is 4.90 Å². The molecule has 3 rings (SSSR count). The van der Waals surface area contributed by atoms with E-state index in [1.807, 2.05) is 6.92 Å². The van der Waals surface area contributed by atoms with E-state index in [1.165, 1.54) is 42.7 Å². The first-order valence-corrected chi connectivity index (χ1v) is 10.2. The second-order valence-corrected chi connectivity index (χ2v) is 8.15. The Labute approximate surface area is 167 Å². The number of hydrogen-bond acceptors (Lipinski definition) is 6. The van der Waals surface area contributed by atoms with Crippen LogP contribution < -0.4 is 4.72 Å². The lowest BCUT2D eigenvalue weighted by Gasteiger charge is -2.08. The number of esters is 1. The van der Waals surface area contributed by atoms with E-state index in [2.05, 4.69) is 9.71 Å². The summed E-state index contributed by atoms with van der Waals surface area (Å²) in [5, 5.41) is 0. The van der Waals surface area contributed by atoms with Gasteiger partial charge in [-0.15, -0.1) is 0 Å². The van der Waals surface area contributed by atoms with Gasteiger partial charge < -0.3 is 9.15 Å². The highest BCUT2D eigenvalue weighted by Gasteiger charge is 2.17. The van der Waals surface area contributed by atoms with Gasteiger partial charge in [0.1, 0.15) is 30.9 Å². The highest BCUT2D eigenvalue weighted by atomic mass is 32.2. The van der Waals surface area contributed by atoms with E-state index < -0.39 is 22.5 Å². The van der Waals surface area contributed by atoms with Crippen molar-refractivity contribution >= 4 is 16.0 Å². The molecule has 0 unspecified atom stereocenters. The van der Waals surface area contributed by atoms with Gasteiger partial charge in [0.25, 0.3) is 0 Å². The van der Waals surface area contributed by atoms with E-state index in [1.54, 1.807) is 13.0 Å². The van der Waals surface area contributed by atoms with Crippen molar-refractivity contribution in [3.05, 3.63) is 71.4 Å². The Hall–Kier alpha value is -3.04. The zero-order chi connectivity index (χ0) is 21.0. The van der Waals surface area contributed by atoms with Crippen LogP contribution in [0.1, 0.15) is 16.8 Å². The summed E-state index contributed by atoms with van der Waals surface area (Å²) in [6.45, 7) is 2.98. The molecule has 2 aromatic carbocycles. The topological polar surface area (TPSA) is 98.5 Å². The molecule has 0 aliphatic heterocycles. The Morgan fingerprint density at radius 3 is 2.55 bits per heavy atom. The van der Waals surface area contributed by atoms with Gasteiger partial charge in [0, 0.05) is 5.56 Å². The standard InChI is InChI=1S/C20H19FN2O5S/c1-13-3-8-18(9-14(13)2)29(25,26)22-10-19(24)27-11-17-12-28-20(23-17)15-4-6-16(21)7-5-15/h3-9,12,22H,10-11H2,1-2H3. The number of carbonyl (C=O) groups is 1. The number of hydrogen-bond donors (Lipinski definition) is 1. The Morgan fingerprint density at radius 1 is 1.14 bits per heavy atom. The number of nitrogens with one attached hydrogen (secondary N) is 1. The van der Waals surface area contributed by atoms with E-state index in [4.69, 9.17) is 9.15 Å². The largest absolute Gasteiger partial charge is 0.458 e. The van der Waals surface area contributed by atoms with Crippen molar-refractivity contribution in [2.45, 2.75) is 25.3 Å². The molecule has 7 nitrogen and oxygen atoms in total. The van der Waals surface area contributed by atoms with Crippen LogP contribution in [0.15, 0.2) is 58.0 Å². The van der Waals surface area contributed by atoms with E-state index in [9.17, 15) is 17.6 Å². The number of ether oxygens (including phenoxy) is 1. The SMILES string of the molecule is Cc1ccc(S(=O)(=O)NCC(=O)OCc2coc(-c3ccc(F)cc3)n2)cc1C. The first-order chi connectivity index (χ1) is 13.7. The van der Waals surface area contributed by atoms with Gasteiger partial charge in [0.2, 0.25) is 15.9 Å². The fourth-order valence-corrected chi connectivity index (χ4v) is 3.48. The Balaban J connectivity index is 1.53. The van der Waals surface area contributed by atoms with Gasteiger partial charge in [-0.3, -0.25) is 4.79 Å². The van der Waals surface area contributed by atoms with E-state index in [0.29, 0.717) is 11.3 Å². The molecule has 1 aromatic heterocycles. The average molecular weight is 418 g/mol. The molecule has 0 aliphatic carbocycles. The number of nitrogens with zero attached hydrogens (tertiary/aromatic N) is 1. The number of carbonyl (C=O) groups excluding carboxylic acids is 1. The van der Waals surface area contributed by atoms with Gasteiger partial charge in [-0.25, -0.2) is 17.8 Å². The number of sulfonamides is 1. The number of benzene rings is 2. The van der Waals surface area contributed by atoms with Crippen molar-refractivity contribution in [3.8, 4) is 11.5 Å². The molecule has 0 aliphatic rings. The Kier molecular flexibility index (Phi) is 6.09. The van der Waals surface area contributed by atoms with Crippen molar-refractivity contribution in [2.75, 3.05) is 6.54 Å². The van der Waals surface area contributed by atoms with E-state index in [-0.39, 0.29) is 23.2 Å². The predicted octanol–water partition coefficient (Wildman–Crippen LogP) is 3.12. The van der Waals surface area contributed by atoms with Crippen LogP contribution >= 0.6 is 0 Å². The molecule has 9 heteroatoms. The van der Waals surface area contributed by atoms with Crippen LogP contribution in [0, 0.1) is 19.7 Å². The smallest absolute Gasteiger partial charge is 0.321 e. The van der Waals surface area contributed by atoms with Gasteiger partial charge in [0.15, 0.2) is 0 Å². The maximum absolute atomic E-state index is 13.0. The maximum Gasteiger partial charge on any atom is 0.321 e. The normalized spacial score (nSPS) is 11.4. The first kappa shape index (κ1) is 20.7. The van der Waals surface area contributed by atoms with Crippen molar-refractivity contribution in [1.82, 2.24) is 9.71 Å². The first-order valence-electron chi connectivity index (χ1n) is 8.67. The van der Waals surface area contributed by atoms with E-state index in [0.717, 1.165) is 11.1 Å². The summed E-state index contributed by atoms with van der Waals surface area (Å²) < 4.78 is 50.0. The molecular formula is C20H19FN2O5S. The number of aromatic nitrogens is 1. The lowest BCUT2D eigenvalue weighted by atomic mass is 10.1. The summed E-state index contributed by atoms with van der Waals surface area (Å²) in [7, 11) is -3.83. The summed E-state index contributed by atoms with van der Waals surface area (Å²) in [6, 6.07) is 10.3. The molecule has 0 saturated carbocycles. The molecule has 3 aromatic rings. The molecule has 0 bridgehead atoms. The molecule has 0 amide bonds. The zero-order valence-corrected chi connectivity index (χ0v) is 16.6. The highest BCUT2D eigenvalue weighted by molar-refractivity contribution is 7.89. The molecule has 0 radical (unpaired) electrons. The summed E-state index contributed by atoms with van der Waals surface area (Å²) in [5.41, 5.74) is 2.72. The molecule has 152 valence electrons. The Morgan fingerprint density at radius 2 is 1.86 bits per heavy atom. The number of halogens is 1. The molecule has 1 N–H and O–H groups in total. The fourth-order valence-electron chi connectivity index (χ4n) is 2.42. The summed E-state index contributed by atoms with van der Waals surface area (Å²) in [6.07, 6.45) is 1.31. The van der Waals surface area contributed by atoms with Crippen LogP contribution in [0.25, 0.3) is 11.5 Å². The van der Waals surface area contributed by atoms with Crippen molar-refractivity contribution in [2.24, 2.45) is 0 Å². The molecule has 29 heavy (non-hydrogen) atoms. The minimum Gasteiger partial charge on any atom is -0.458 e. The van der Waals surface area contributed by atoms with Crippen LogP contribution in [-0.4, -0.2) is 25.9 Å². The second kappa shape index (κ2) is 8.54. The quantitative estimate of drug-likeness (QED) is 0.592. The lowest BCUT2D eigenvalue weighted by molar-refractivity contribution is -0.143. The van der Waals surface area contributed by atoms with Crippen LogP contribution in [-0.2, 0) is 26.2 Å². The third-order valence-electron chi connectivity index (χ3n) is 4.22. The molecule has 0 saturated heterocycles. The summed E-state index contributed by atoms with van der Waals surface area (Å²) >= 11 is 0. The zero-order valence-electron chi connectivity index (χ0n) is 15.8. The maximum atomic E-state index is 13.0. The van der Waals surface area contributed by atoms with Gasteiger partial charge in [-0.2, -0.15) is 4.72 Å². The third-order valence-corrected chi connectivity index (χ3v) is 5.62. The molecule has 0 fully saturated rings. The number of oxazole rings is 1. The van der Waals surface area contributed by atoms with Crippen molar-refractivity contribution in [3.63, 3.8) is 0 Å². The predicted molar refractivity (Wildman–Crippen MR) is 103 cm³/mol. The second-order valence-electron chi connectivity index (χ2n) is 6.38. The monoisotopic (exact) mass is 418 g/mol. The molecule has 1 heterocycles. The van der Waals surface area contributed by atoms with Gasteiger partial charge in [-0.05, 0) is 61.4 Å². The van der Waals surface area contributed by atoms with Crippen LogP contribution in [0.4, 0.5) is 4.39 Å². The van der Waals surface area contributed by atoms with Crippen molar-refractivity contribution in [1.29, 1.82) is 0 Å². The van der Waals surface area contributed by atoms with Gasteiger partial charge >= 0.3 is 5.97 Å². The fraction of sp³-hybridized carbons (Fsp3) is 0.200. The highest BCUT2D eigenvalue weighted by Crippen LogP contribution is 2.19. The third kappa shape index (κ3) is 5.27. The minimum absolute atomic E-state index is 0.0776. The average Bonchev–Trinajstić information content (AvgIpc) is 3.16. The van der Waals surface area contributed by atoms with Crippen LogP contribution in [0.5, 0.6) is 0 Å². The van der Waals surface area contributed by atoms with Crippen molar-refractivity contribution < 1.29 is 26.8 Å². The Bertz CT molecular complexity index is 1120. The van der Waals surface area contributed by atoms with Gasteiger partial charge in [-0.1, -0.05) is 6.07 Å². The van der Waals surface area contributed by atoms with E-state index >= 15 is 0 Å². The summed E-state index contributed by atoms with van der Waals surface area (Å²) in [5.74, 6) is -0.882. The van der Waals surface area contributed by atoms with Crippen LogP contribution in [0.2, 0.25) is 0 Å². The summed E-state index contributed by atoms with van der Waals surface area (Å²) in [4.78, 5) is 16.1.